The average molecular weight is 186 g/mol. The monoisotopic (exact) mass is 186 g/mol. The molecule has 1 rings (SSSR count). The van der Waals surface area contributed by atoms with Crippen LogP contribution in [-0.2, 0) is 9.47 Å². The zero-order valence-electron chi connectivity index (χ0n) is 9.52. The Morgan fingerprint density at radius 2 is 1.92 bits per heavy atom. The summed E-state index contributed by atoms with van der Waals surface area (Å²) >= 11 is 0. The normalized spacial score (nSPS) is 37.2. The highest BCUT2D eigenvalue weighted by Crippen LogP contribution is 2.49. The summed E-state index contributed by atoms with van der Waals surface area (Å²) in [5.74, 6) is 0. The molecule has 1 aliphatic rings. The minimum absolute atomic E-state index is 0.0276. The van der Waals surface area contributed by atoms with Crippen LogP contribution < -0.4 is 0 Å². The fourth-order valence-corrected chi connectivity index (χ4v) is 1.86. The van der Waals surface area contributed by atoms with E-state index in [1.54, 1.807) is 0 Å². The zero-order valence-corrected chi connectivity index (χ0v) is 9.52. The largest absolute Gasteiger partial charge is 0.381 e. The summed E-state index contributed by atoms with van der Waals surface area (Å²) in [6.45, 7) is 12.5. The summed E-state index contributed by atoms with van der Waals surface area (Å²) in [4.78, 5) is 0. The molecule has 0 spiro atoms. The van der Waals surface area contributed by atoms with Crippen molar-refractivity contribution in [1.29, 1.82) is 0 Å². The highest BCUT2D eigenvalue weighted by Gasteiger charge is 2.56. The Hall–Kier alpha value is -0.0800. The van der Waals surface area contributed by atoms with Gasteiger partial charge in [0, 0.05) is 12.0 Å². The summed E-state index contributed by atoms with van der Waals surface area (Å²) in [6.07, 6.45) is 1.41. The molecule has 2 heteroatoms. The lowest BCUT2D eigenvalue weighted by Gasteiger charge is -2.58. The molecule has 0 radical (unpaired) electrons. The SMILES string of the molecule is CCCOCC1(C)C(C)OC1(C)C. The maximum Gasteiger partial charge on any atom is 0.0730 e. The van der Waals surface area contributed by atoms with Gasteiger partial charge in [-0.2, -0.15) is 0 Å². The van der Waals surface area contributed by atoms with Gasteiger partial charge in [0.25, 0.3) is 0 Å². The van der Waals surface area contributed by atoms with Crippen LogP contribution in [0.5, 0.6) is 0 Å². The summed E-state index contributed by atoms with van der Waals surface area (Å²) in [5, 5.41) is 0. The van der Waals surface area contributed by atoms with E-state index in [1.165, 1.54) is 0 Å². The standard InChI is InChI=1S/C11H22O2/c1-6-7-12-8-11(5)9(2)13-10(11,3)4/h9H,6-8H2,1-5H3. The second-order valence-electron chi connectivity index (χ2n) is 4.74. The Kier molecular flexibility index (Phi) is 3.03. The molecule has 0 N–H and O–H groups in total. The van der Waals surface area contributed by atoms with Gasteiger partial charge in [-0.15, -0.1) is 0 Å². The first-order valence-electron chi connectivity index (χ1n) is 5.19. The zero-order chi connectivity index (χ0) is 10.1. The minimum Gasteiger partial charge on any atom is -0.381 e. The van der Waals surface area contributed by atoms with Crippen molar-refractivity contribution in [2.24, 2.45) is 5.41 Å². The molecular formula is C11H22O2. The summed E-state index contributed by atoms with van der Waals surface area (Å²) in [5.41, 5.74) is 0.155. The summed E-state index contributed by atoms with van der Waals surface area (Å²) in [6, 6.07) is 0. The first kappa shape index (κ1) is 11.0. The molecule has 0 aromatic heterocycles. The van der Waals surface area contributed by atoms with Crippen LogP contribution in [0.15, 0.2) is 0 Å². The van der Waals surface area contributed by atoms with Crippen molar-refractivity contribution in [1.82, 2.24) is 0 Å². The number of hydrogen-bond donors (Lipinski definition) is 0. The van der Waals surface area contributed by atoms with Gasteiger partial charge < -0.3 is 9.47 Å². The van der Waals surface area contributed by atoms with Gasteiger partial charge in [0.2, 0.25) is 0 Å². The lowest BCUT2D eigenvalue weighted by atomic mass is 9.66. The van der Waals surface area contributed by atoms with Crippen molar-refractivity contribution < 1.29 is 9.47 Å². The van der Waals surface area contributed by atoms with Crippen LogP contribution in [0.1, 0.15) is 41.0 Å². The molecule has 0 amide bonds. The molecule has 0 saturated carbocycles. The van der Waals surface area contributed by atoms with Gasteiger partial charge in [0.05, 0.1) is 18.3 Å². The van der Waals surface area contributed by atoms with E-state index in [2.05, 4.69) is 34.6 Å². The average Bonchev–Trinajstić information content (AvgIpc) is 2.04. The number of rotatable bonds is 4. The second kappa shape index (κ2) is 3.58. The molecule has 1 aliphatic heterocycles. The Bertz CT molecular complexity index is 177. The quantitative estimate of drug-likeness (QED) is 0.628. The third kappa shape index (κ3) is 1.75. The van der Waals surface area contributed by atoms with Crippen LogP contribution in [0.2, 0.25) is 0 Å². The highest BCUT2D eigenvalue weighted by molar-refractivity contribution is 5.04. The van der Waals surface area contributed by atoms with Crippen molar-refractivity contribution in [3.8, 4) is 0 Å². The van der Waals surface area contributed by atoms with E-state index in [1.807, 2.05) is 0 Å². The predicted molar refractivity (Wildman–Crippen MR) is 53.8 cm³/mol. The van der Waals surface area contributed by atoms with Crippen LogP contribution >= 0.6 is 0 Å². The van der Waals surface area contributed by atoms with Crippen molar-refractivity contribution in [3.63, 3.8) is 0 Å². The molecule has 13 heavy (non-hydrogen) atoms. The molecular weight excluding hydrogens is 164 g/mol. The molecule has 2 nitrogen and oxygen atoms in total. The minimum atomic E-state index is -0.0276. The van der Waals surface area contributed by atoms with Crippen molar-refractivity contribution in [2.45, 2.75) is 52.7 Å². The summed E-state index contributed by atoms with van der Waals surface area (Å²) < 4.78 is 11.3. The lowest BCUT2D eigenvalue weighted by molar-refractivity contribution is -0.304. The third-order valence-corrected chi connectivity index (χ3v) is 3.49. The first-order valence-corrected chi connectivity index (χ1v) is 5.19. The van der Waals surface area contributed by atoms with E-state index in [0.29, 0.717) is 6.10 Å². The predicted octanol–water partition coefficient (Wildman–Crippen LogP) is 2.62. The molecule has 1 heterocycles. The van der Waals surface area contributed by atoms with Gasteiger partial charge in [-0.25, -0.2) is 0 Å². The molecule has 0 aromatic rings. The molecule has 2 unspecified atom stereocenters. The highest BCUT2D eigenvalue weighted by atomic mass is 16.6. The Balaban J connectivity index is 2.44. The topological polar surface area (TPSA) is 18.5 Å². The van der Waals surface area contributed by atoms with Gasteiger partial charge in [-0.3, -0.25) is 0 Å². The van der Waals surface area contributed by atoms with E-state index in [9.17, 15) is 0 Å². The second-order valence-corrected chi connectivity index (χ2v) is 4.74. The number of ether oxygens (including phenoxy) is 2. The van der Waals surface area contributed by atoms with Crippen LogP contribution in [0.3, 0.4) is 0 Å². The molecule has 1 fully saturated rings. The van der Waals surface area contributed by atoms with Crippen molar-refractivity contribution in [3.05, 3.63) is 0 Å². The van der Waals surface area contributed by atoms with Crippen molar-refractivity contribution in [2.75, 3.05) is 13.2 Å². The van der Waals surface area contributed by atoms with Gasteiger partial charge in [0.15, 0.2) is 0 Å². The van der Waals surface area contributed by atoms with Gasteiger partial charge in [-0.05, 0) is 27.2 Å². The molecule has 0 aliphatic carbocycles. The lowest BCUT2D eigenvalue weighted by Crippen LogP contribution is -2.65. The van der Waals surface area contributed by atoms with E-state index >= 15 is 0 Å². The smallest absolute Gasteiger partial charge is 0.0730 e. The van der Waals surface area contributed by atoms with Crippen LogP contribution in [0.25, 0.3) is 0 Å². The fraction of sp³-hybridized carbons (Fsp3) is 1.00. The Morgan fingerprint density at radius 3 is 2.31 bits per heavy atom. The van der Waals surface area contributed by atoms with Crippen LogP contribution in [0.4, 0.5) is 0 Å². The fourth-order valence-electron chi connectivity index (χ4n) is 1.86. The Morgan fingerprint density at radius 1 is 1.31 bits per heavy atom. The van der Waals surface area contributed by atoms with E-state index < -0.39 is 0 Å². The van der Waals surface area contributed by atoms with Crippen LogP contribution in [0, 0.1) is 5.41 Å². The first-order chi connectivity index (χ1) is 5.94. The van der Waals surface area contributed by atoms with E-state index in [4.69, 9.17) is 9.47 Å². The maximum atomic E-state index is 5.69. The van der Waals surface area contributed by atoms with Gasteiger partial charge in [0.1, 0.15) is 0 Å². The third-order valence-electron chi connectivity index (χ3n) is 3.49. The maximum absolute atomic E-state index is 5.69. The molecule has 1 saturated heterocycles. The van der Waals surface area contributed by atoms with Gasteiger partial charge in [-0.1, -0.05) is 13.8 Å². The molecule has 0 bridgehead atoms. The molecule has 0 aromatic carbocycles. The molecule has 2 atom stereocenters. The van der Waals surface area contributed by atoms with E-state index in [-0.39, 0.29) is 11.0 Å². The Labute approximate surface area is 81.6 Å². The van der Waals surface area contributed by atoms with E-state index in [0.717, 1.165) is 19.6 Å². The summed E-state index contributed by atoms with van der Waals surface area (Å²) in [7, 11) is 0. The molecule has 78 valence electrons. The van der Waals surface area contributed by atoms with Crippen LogP contribution in [-0.4, -0.2) is 24.9 Å². The number of hydrogen-bond acceptors (Lipinski definition) is 2. The van der Waals surface area contributed by atoms with Crippen molar-refractivity contribution >= 4 is 0 Å². The van der Waals surface area contributed by atoms with Gasteiger partial charge >= 0.3 is 0 Å².